The number of carbonyl (C=O) groups is 3. The van der Waals surface area contributed by atoms with Crippen LogP contribution in [0.4, 0.5) is 11.4 Å². The van der Waals surface area contributed by atoms with Crippen molar-refractivity contribution in [1.29, 1.82) is 0 Å². The van der Waals surface area contributed by atoms with Crippen molar-refractivity contribution in [3.8, 4) is 23.0 Å². The highest BCUT2D eigenvalue weighted by Crippen LogP contribution is 2.50. The number of aliphatic hydroxyl groups is 1. The molecule has 0 aliphatic heterocycles. The molecular formula is C37H45BrN2O8. The van der Waals surface area contributed by atoms with Crippen molar-refractivity contribution < 1.29 is 38.4 Å². The van der Waals surface area contributed by atoms with Crippen LogP contribution < -0.4 is 29.6 Å². The van der Waals surface area contributed by atoms with E-state index in [1.807, 2.05) is 13.8 Å². The molecule has 3 aromatic rings. The van der Waals surface area contributed by atoms with Gasteiger partial charge in [0.25, 0.3) is 0 Å². The first-order valence-corrected chi connectivity index (χ1v) is 17.2. The molecule has 10 nitrogen and oxygen atoms in total. The second-order valence-corrected chi connectivity index (χ2v) is 12.8. The van der Waals surface area contributed by atoms with Gasteiger partial charge in [-0.05, 0) is 85.1 Å². The third kappa shape index (κ3) is 8.49. The number of rotatable bonds is 15. The predicted octanol–water partition coefficient (Wildman–Crippen LogP) is 7.14. The van der Waals surface area contributed by atoms with Crippen LogP contribution in [0.25, 0.3) is 0 Å². The number of halogens is 1. The molecule has 2 amide bonds. The summed E-state index contributed by atoms with van der Waals surface area (Å²) < 4.78 is 23.7. The molecule has 1 saturated carbocycles. The third-order valence-electron chi connectivity index (χ3n) is 8.35. The van der Waals surface area contributed by atoms with Gasteiger partial charge in [-0.2, -0.15) is 0 Å². The van der Waals surface area contributed by atoms with Crippen LogP contribution in [0.15, 0.2) is 65.1 Å². The second kappa shape index (κ2) is 16.8. The van der Waals surface area contributed by atoms with E-state index in [0.717, 1.165) is 19.3 Å². The topological polar surface area (TPSA) is 132 Å². The number of anilines is 2. The fourth-order valence-corrected chi connectivity index (χ4v) is 6.79. The van der Waals surface area contributed by atoms with Crippen LogP contribution in [0.1, 0.15) is 64.9 Å². The number of para-hydroxylation sites is 4. The van der Waals surface area contributed by atoms with Crippen molar-refractivity contribution in [2.24, 2.45) is 11.8 Å². The van der Waals surface area contributed by atoms with E-state index in [2.05, 4.69) is 33.5 Å². The molecule has 258 valence electrons. The average Bonchev–Trinajstić information content (AvgIpc) is 3.04. The molecule has 0 saturated heterocycles. The monoisotopic (exact) mass is 724 g/mol. The molecule has 3 N–H and O–H groups in total. The number of benzene rings is 3. The first-order valence-electron chi connectivity index (χ1n) is 16.4. The fraction of sp³-hybridized carbons (Fsp3) is 0.432. The summed E-state index contributed by atoms with van der Waals surface area (Å²) in [6, 6.07) is 17.3. The minimum absolute atomic E-state index is 0.357. The lowest BCUT2D eigenvalue weighted by Gasteiger charge is -2.44. The molecule has 4 rings (SSSR count). The van der Waals surface area contributed by atoms with Crippen LogP contribution in [0.3, 0.4) is 0 Å². The molecule has 1 aliphatic rings. The van der Waals surface area contributed by atoms with E-state index in [-0.39, 0.29) is 0 Å². The molecule has 0 bridgehead atoms. The van der Waals surface area contributed by atoms with Crippen molar-refractivity contribution in [3.63, 3.8) is 0 Å². The summed E-state index contributed by atoms with van der Waals surface area (Å²) in [6.07, 6.45) is 2.47. The van der Waals surface area contributed by atoms with Crippen molar-refractivity contribution in [2.75, 3.05) is 37.6 Å². The van der Waals surface area contributed by atoms with Gasteiger partial charge in [0.15, 0.2) is 11.5 Å². The SMILES string of the molecule is CCCCCOc1c(Br)cc(C2C(C(=O)Nc3ccccc3OCC)C(=O)CC(C)(O)C2C(=O)Nc2ccccc2OCC)cc1OC. The van der Waals surface area contributed by atoms with E-state index >= 15 is 0 Å². The summed E-state index contributed by atoms with van der Waals surface area (Å²) in [6.45, 7) is 8.43. The number of Topliss-reactive ketones (excluding diaryl/α,β-unsaturated/α-hetero) is 1. The van der Waals surface area contributed by atoms with Crippen molar-refractivity contribution in [2.45, 2.75) is 64.9 Å². The summed E-state index contributed by atoms with van der Waals surface area (Å²) >= 11 is 3.61. The summed E-state index contributed by atoms with van der Waals surface area (Å²) in [7, 11) is 1.50. The highest BCUT2D eigenvalue weighted by molar-refractivity contribution is 9.10. The Morgan fingerprint density at radius 2 is 1.46 bits per heavy atom. The van der Waals surface area contributed by atoms with Gasteiger partial charge in [-0.25, -0.2) is 0 Å². The molecule has 0 radical (unpaired) electrons. The summed E-state index contributed by atoms with van der Waals surface area (Å²) in [5.41, 5.74) is -0.600. The lowest BCUT2D eigenvalue weighted by molar-refractivity contribution is -0.150. The van der Waals surface area contributed by atoms with E-state index in [9.17, 15) is 19.5 Å². The lowest BCUT2D eigenvalue weighted by atomic mass is 9.61. The summed E-state index contributed by atoms with van der Waals surface area (Å²) in [4.78, 5) is 42.5. The van der Waals surface area contributed by atoms with E-state index < -0.39 is 47.4 Å². The van der Waals surface area contributed by atoms with Gasteiger partial charge in [0.1, 0.15) is 23.2 Å². The van der Waals surface area contributed by atoms with Gasteiger partial charge >= 0.3 is 0 Å². The summed E-state index contributed by atoms with van der Waals surface area (Å²) in [5.74, 6) is -3.73. The van der Waals surface area contributed by atoms with Gasteiger partial charge < -0.3 is 34.7 Å². The molecule has 1 aliphatic carbocycles. The predicted molar refractivity (Wildman–Crippen MR) is 188 cm³/mol. The Labute approximate surface area is 290 Å². The smallest absolute Gasteiger partial charge is 0.235 e. The van der Waals surface area contributed by atoms with Crippen LogP contribution >= 0.6 is 15.9 Å². The molecule has 4 unspecified atom stereocenters. The Kier molecular flexibility index (Phi) is 12.9. The van der Waals surface area contributed by atoms with E-state index in [1.165, 1.54) is 14.0 Å². The zero-order chi connectivity index (χ0) is 34.8. The maximum atomic E-state index is 14.3. The first-order chi connectivity index (χ1) is 23.1. The van der Waals surface area contributed by atoms with Gasteiger partial charge in [-0.3, -0.25) is 14.4 Å². The molecule has 1 fully saturated rings. The van der Waals surface area contributed by atoms with Gasteiger partial charge in [0.05, 0.1) is 54.3 Å². The lowest BCUT2D eigenvalue weighted by Crippen LogP contribution is -2.56. The highest BCUT2D eigenvalue weighted by Gasteiger charge is 2.56. The van der Waals surface area contributed by atoms with Gasteiger partial charge in [-0.15, -0.1) is 0 Å². The van der Waals surface area contributed by atoms with E-state index in [4.69, 9.17) is 18.9 Å². The minimum Gasteiger partial charge on any atom is -0.493 e. The van der Waals surface area contributed by atoms with Crippen molar-refractivity contribution >= 4 is 44.9 Å². The van der Waals surface area contributed by atoms with Crippen LogP contribution in [0.5, 0.6) is 23.0 Å². The van der Waals surface area contributed by atoms with Crippen LogP contribution in [0.2, 0.25) is 0 Å². The summed E-state index contributed by atoms with van der Waals surface area (Å²) in [5, 5.41) is 17.6. The van der Waals surface area contributed by atoms with Gasteiger partial charge in [-0.1, -0.05) is 44.0 Å². The molecule has 3 aromatic carbocycles. The second-order valence-electron chi connectivity index (χ2n) is 11.9. The van der Waals surface area contributed by atoms with Crippen molar-refractivity contribution in [3.05, 3.63) is 70.7 Å². The molecular weight excluding hydrogens is 680 g/mol. The number of methoxy groups -OCH3 is 1. The number of carbonyl (C=O) groups excluding carboxylic acids is 3. The Morgan fingerprint density at radius 1 is 0.875 bits per heavy atom. The largest absolute Gasteiger partial charge is 0.493 e. The fourth-order valence-electron chi connectivity index (χ4n) is 6.21. The van der Waals surface area contributed by atoms with Crippen LogP contribution in [-0.2, 0) is 14.4 Å². The molecule has 48 heavy (non-hydrogen) atoms. The van der Waals surface area contributed by atoms with E-state index in [1.54, 1.807) is 60.7 Å². The zero-order valence-corrected chi connectivity index (χ0v) is 29.7. The Balaban J connectivity index is 1.84. The Bertz CT molecular complexity index is 1590. The average molecular weight is 726 g/mol. The maximum absolute atomic E-state index is 14.3. The van der Waals surface area contributed by atoms with Gasteiger partial charge in [0, 0.05) is 12.3 Å². The normalized spacial score (nSPS) is 20.5. The number of unbranched alkanes of at least 4 members (excludes halogenated alkanes) is 2. The standard InChI is InChI=1S/C37H45BrN2O8/c1-6-9-14-19-48-34-24(38)20-23(21-30(34)45-5)31-32(35(42)39-25-15-10-12-17-28(25)46-7-2)27(41)22-37(4,44)33(31)36(43)40-26-16-11-13-18-29(26)47-8-3/h10-13,15-18,20-21,31-33,44H,6-9,14,19,22H2,1-5H3,(H,39,42)(H,40,43). The molecule has 0 aromatic heterocycles. The molecule has 11 heteroatoms. The Hall–Kier alpha value is -4.09. The quantitative estimate of drug-likeness (QED) is 0.111. The number of nitrogens with one attached hydrogen (secondary N) is 2. The number of ether oxygens (including phenoxy) is 4. The zero-order valence-electron chi connectivity index (χ0n) is 28.1. The molecule has 0 spiro atoms. The third-order valence-corrected chi connectivity index (χ3v) is 8.94. The number of hydrogen-bond acceptors (Lipinski definition) is 8. The Morgan fingerprint density at radius 3 is 2.02 bits per heavy atom. The number of hydrogen-bond donors (Lipinski definition) is 3. The number of amides is 2. The molecule has 4 atom stereocenters. The minimum atomic E-state index is -1.82. The molecule has 0 heterocycles. The first kappa shape index (κ1) is 36.7. The van der Waals surface area contributed by atoms with E-state index in [0.29, 0.717) is 64.2 Å². The maximum Gasteiger partial charge on any atom is 0.235 e. The highest BCUT2D eigenvalue weighted by atomic mass is 79.9. The van der Waals surface area contributed by atoms with Gasteiger partial charge in [0.2, 0.25) is 11.8 Å². The van der Waals surface area contributed by atoms with Crippen LogP contribution in [0, 0.1) is 11.8 Å². The van der Waals surface area contributed by atoms with Crippen molar-refractivity contribution in [1.82, 2.24) is 0 Å². The number of ketones is 1. The van der Waals surface area contributed by atoms with Crippen LogP contribution in [-0.4, -0.2) is 55.2 Å².